The zero-order chi connectivity index (χ0) is 25.2. The molecule has 0 bridgehead atoms. The second-order valence-electron chi connectivity index (χ2n) is 8.88. The van der Waals surface area contributed by atoms with Gasteiger partial charge in [-0.3, -0.25) is 19.3 Å². The van der Waals surface area contributed by atoms with Gasteiger partial charge >= 0.3 is 0 Å². The van der Waals surface area contributed by atoms with Crippen molar-refractivity contribution in [3.63, 3.8) is 0 Å². The lowest BCUT2D eigenvalue weighted by Crippen LogP contribution is -2.35. The van der Waals surface area contributed by atoms with Gasteiger partial charge in [-0.05, 0) is 55.5 Å². The van der Waals surface area contributed by atoms with E-state index in [1.165, 1.54) is 18.2 Å². The van der Waals surface area contributed by atoms with Crippen LogP contribution in [-0.2, 0) is 11.2 Å². The molecule has 0 saturated heterocycles. The number of amides is 3. The summed E-state index contributed by atoms with van der Waals surface area (Å²) in [6.45, 7) is 1.35. The van der Waals surface area contributed by atoms with Crippen LogP contribution in [0.5, 0.6) is 11.5 Å². The summed E-state index contributed by atoms with van der Waals surface area (Å²) in [4.78, 5) is 40.1. The molecular formula is C26H26N4O6. The minimum Gasteiger partial charge on any atom is -0.493 e. The van der Waals surface area contributed by atoms with E-state index in [-0.39, 0.29) is 41.1 Å². The number of aromatic nitrogens is 2. The zero-order valence-corrected chi connectivity index (χ0v) is 20.0. The third-order valence-corrected chi connectivity index (χ3v) is 6.51. The monoisotopic (exact) mass is 490 g/mol. The number of methoxy groups -OCH3 is 1. The molecule has 186 valence electrons. The van der Waals surface area contributed by atoms with Crippen molar-refractivity contribution in [3.8, 4) is 11.5 Å². The highest BCUT2D eigenvalue weighted by Crippen LogP contribution is 2.40. The van der Waals surface area contributed by atoms with Gasteiger partial charge in [0.2, 0.25) is 18.2 Å². The van der Waals surface area contributed by atoms with Crippen molar-refractivity contribution in [1.29, 1.82) is 0 Å². The van der Waals surface area contributed by atoms with Gasteiger partial charge in [0.15, 0.2) is 11.5 Å². The van der Waals surface area contributed by atoms with E-state index in [0.29, 0.717) is 17.1 Å². The molecule has 0 spiro atoms. The molecule has 1 saturated carbocycles. The standard InChI is InChI=1S/C26H26N4O6/c1-15(31)28-19-9-5-8-18-24(19)26(33)30(25(18)32)20(13-23-29-27-14-35-23)16-10-11-21(34-2)22(12-16)36-17-6-3-4-7-17/h5,8-12,14,17,20H,3-4,6-7,13H2,1-2H3,(H,28,31). The van der Waals surface area contributed by atoms with Gasteiger partial charge in [-0.1, -0.05) is 12.1 Å². The number of rotatable bonds is 8. The van der Waals surface area contributed by atoms with Crippen LogP contribution in [0, 0.1) is 0 Å². The van der Waals surface area contributed by atoms with Crippen molar-refractivity contribution in [2.45, 2.75) is 51.2 Å². The molecule has 1 unspecified atom stereocenters. The van der Waals surface area contributed by atoms with Gasteiger partial charge in [0.05, 0.1) is 42.5 Å². The largest absolute Gasteiger partial charge is 0.493 e. The normalized spacial score (nSPS) is 16.2. The summed E-state index contributed by atoms with van der Waals surface area (Å²) < 4.78 is 17.1. The molecule has 1 N–H and O–H groups in total. The number of nitrogens with one attached hydrogen (secondary N) is 1. The number of hydrogen-bond acceptors (Lipinski definition) is 8. The molecule has 1 aromatic heterocycles. The number of benzene rings is 2. The number of imide groups is 1. The van der Waals surface area contributed by atoms with Gasteiger partial charge < -0.3 is 19.2 Å². The quantitative estimate of drug-likeness (QED) is 0.471. The third kappa shape index (κ3) is 4.41. The molecule has 2 heterocycles. The molecule has 1 aliphatic carbocycles. The minimum absolute atomic E-state index is 0.0862. The fraction of sp³-hybridized carbons (Fsp3) is 0.346. The summed E-state index contributed by atoms with van der Waals surface area (Å²) in [5.41, 5.74) is 1.32. The third-order valence-electron chi connectivity index (χ3n) is 6.51. The first kappa shape index (κ1) is 23.5. The van der Waals surface area contributed by atoms with Gasteiger partial charge in [0.1, 0.15) is 0 Å². The van der Waals surface area contributed by atoms with Crippen molar-refractivity contribution in [3.05, 3.63) is 65.4 Å². The average Bonchev–Trinajstić information content (AvgIpc) is 3.61. The van der Waals surface area contributed by atoms with E-state index in [2.05, 4.69) is 15.5 Å². The van der Waals surface area contributed by atoms with Crippen LogP contribution in [0.1, 0.15) is 70.8 Å². The number of carbonyl (C=O) groups is 3. The Morgan fingerprint density at radius 3 is 2.67 bits per heavy atom. The number of carbonyl (C=O) groups excluding carboxylic acids is 3. The number of anilines is 1. The van der Waals surface area contributed by atoms with E-state index < -0.39 is 17.9 Å². The van der Waals surface area contributed by atoms with E-state index in [0.717, 1.165) is 25.7 Å². The predicted molar refractivity (Wildman–Crippen MR) is 128 cm³/mol. The Kier molecular flexibility index (Phi) is 6.41. The highest BCUT2D eigenvalue weighted by molar-refractivity contribution is 6.24. The van der Waals surface area contributed by atoms with Crippen molar-refractivity contribution in [2.24, 2.45) is 0 Å². The SMILES string of the molecule is COc1ccc(C(Cc2nnco2)N2C(=O)c3cccc(NC(C)=O)c3C2=O)cc1OC1CCCC1. The van der Waals surface area contributed by atoms with E-state index in [1.807, 2.05) is 0 Å². The van der Waals surface area contributed by atoms with Crippen LogP contribution in [0.15, 0.2) is 47.2 Å². The number of hydrogen-bond donors (Lipinski definition) is 1. The molecule has 10 heteroatoms. The van der Waals surface area contributed by atoms with Gasteiger partial charge in [0, 0.05) is 6.92 Å². The molecule has 36 heavy (non-hydrogen) atoms. The van der Waals surface area contributed by atoms with Gasteiger partial charge in [-0.25, -0.2) is 0 Å². The summed E-state index contributed by atoms with van der Waals surface area (Å²) in [6.07, 6.45) is 5.54. The predicted octanol–water partition coefficient (Wildman–Crippen LogP) is 3.94. The number of fused-ring (bicyclic) bond motifs is 1. The lowest BCUT2D eigenvalue weighted by Gasteiger charge is -2.27. The Morgan fingerprint density at radius 1 is 1.17 bits per heavy atom. The summed E-state index contributed by atoms with van der Waals surface area (Å²) >= 11 is 0. The highest BCUT2D eigenvalue weighted by Gasteiger charge is 2.43. The minimum atomic E-state index is -0.764. The molecule has 2 aromatic carbocycles. The van der Waals surface area contributed by atoms with Gasteiger partial charge in [-0.2, -0.15) is 0 Å². The Hall–Kier alpha value is -4.21. The maximum Gasteiger partial charge on any atom is 0.264 e. The topological polar surface area (TPSA) is 124 Å². The Balaban J connectivity index is 1.56. The van der Waals surface area contributed by atoms with E-state index in [4.69, 9.17) is 13.9 Å². The first-order valence-corrected chi connectivity index (χ1v) is 11.8. The molecule has 1 fully saturated rings. The van der Waals surface area contributed by atoms with Crippen LogP contribution in [0.2, 0.25) is 0 Å². The molecule has 2 aliphatic rings. The van der Waals surface area contributed by atoms with Crippen molar-refractivity contribution < 1.29 is 28.3 Å². The van der Waals surface area contributed by atoms with Crippen molar-refractivity contribution in [1.82, 2.24) is 15.1 Å². The van der Waals surface area contributed by atoms with E-state index in [1.54, 1.807) is 43.5 Å². The zero-order valence-electron chi connectivity index (χ0n) is 20.0. The Labute approximate surface area is 207 Å². The number of nitrogens with zero attached hydrogens (tertiary/aromatic N) is 3. The fourth-order valence-corrected chi connectivity index (χ4v) is 4.87. The average molecular weight is 491 g/mol. The van der Waals surface area contributed by atoms with Crippen LogP contribution < -0.4 is 14.8 Å². The smallest absolute Gasteiger partial charge is 0.264 e. The summed E-state index contributed by atoms with van der Waals surface area (Å²) in [6, 6.07) is 9.40. The second kappa shape index (κ2) is 9.80. The highest BCUT2D eigenvalue weighted by atomic mass is 16.5. The summed E-state index contributed by atoms with van der Waals surface area (Å²) in [7, 11) is 1.57. The number of ether oxygens (including phenoxy) is 2. The van der Waals surface area contributed by atoms with E-state index in [9.17, 15) is 14.4 Å². The van der Waals surface area contributed by atoms with Crippen LogP contribution >= 0.6 is 0 Å². The first-order chi connectivity index (χ1) is 17.5. The lowest BCUT2D eigenvalue weighted by atomic mass is 10.0. The van der Waals surface area contributed by atoms with Crippen LogP contribution in [-0.4, -0.2) is 46.0 Å². The molecule has 3 amide bonds. The lowest BCUT2D eigenvalue weighted by molar-refractivity contribution is -0.114. The Morgan fingerprint density at radius 2 is 1.97 bits per heavy atom. The molecular weight excluding hydrogens is 464 g/mol. The molecule has 1 atom stereocenters. The molecule has 10 nitrogen and oxygen atoms in total. The fourth-order valence-electron chi connectivity index (χ4n) is 4.87. The Bertz CT molecular complexity index is 1300. The van der Waals surface area contributed by atoms with E-state index >= 15 is 0 Å². The molecule has 0 radical (unpaired) electrons. The maximum atomic E-state index is 13.7. The molecule has 1 aliphatic heterocycles. The molecule has 5 rings (SSSR count). The van der Waals surface area contributed by atoms with Crippen molar-refractivity contribution >= 4 is 23.4 Å². The van der Waals surface area contributed by atoms with Crippen LogP contribution in [0.4, 0.5) is 5.69 Å². The van der Waals surface area contributed by atoms with Gasteiger partial charge in [-0.15, -0.1) is 10.2 Å². The second-order valence-corrected chi connectivity index (χ2v) is 8.88. The summed E-state index contributed by atoms with van der Waals surface area (Å²) in [5.74, 6) is 0.0605. The van der Waals surface area contributed by atoms with Crippen LogP contribution in [0.25, 0.3) is 0 Å². The first-order valence-electron chi connectivity index (χ1n) is 11.8. The van der Waals surface area contributed by atoms with Gasteiger partial charge in [0.25, 0.3) is 11.8 Å². The summed E-state index contributed by atoms with van der Waals surface area (Å²) in [5, 5.41) is 10.4. The van der Waals surface area contributed by atoms with Crippen LogP contribution in [0.3, 0.4) is 0 Å². The maximum absolute atomic E-state index is 13.7. The van der Waals surface area contributed by atoms with Crippen molar-refractivity contribution in [2.75, 3.05) is 12.4 Å². The molecule has 3 aromatic rings.